The Morgan fingerprint density at radius 3 is 2.56 bits per heavy atom. The van der Waals surface area contributed by atoms with Gasteiger partial charge < -0.3 is 4.42 Å². The first-order chi connectivity index (χ1) is 8.81. The minimum atomic E-state index is 0.958. The van der Waals surface area contributed by atoms with Gasteiger partial charge >= 0.3 is 0 Å². The smallest absolute Gasteiger partial charge is 0.139 e. The van der Waals surface area contributed by atoms with Gasteiger partial charge in [0.25, 0.3) is 0 Å². The fraction of sp³-hybridized carbons (Fsp3) is 0. The molecule has 0 aliphatic heterocycles. The van der Waals surface area contributed by atoms with E-state index >= 15 is 0 Å². The molecular weight excluding hydrogens is 219 g/mol. The number of hydrogen-bond acceptors (Lipinski definition) is 1. The zero-order chi connectivity index (χ0) is 12.1. The molecule has 0 saturated carbocycles. The van der Waals surface area contributed by atoms with Gasteiger partial charge in [0.1, 0.15) is 19.0 Å². The van der Waals surface area contributed by atoms with Crippen LogP contribution in [0.15, 0.2) is 59.0 Å². The van der Waals surface area contributed by atoms with Gasteiger partial charge in [0.2, 0.25) is 0 Å². The number of rotatable bonds is 0. The van der Waals surface area contributed by atoms with Gasteiger partial charge in [-0.15, -0.1) is 0 Å². The van der Waals surface area contributed by atoms with E-state index in [2.05, 4.69) is 50.3 Å². The molecule has 0 aliphatic carbocycles. The molecule has 0 atom stereocenters. The van der Waals surface area contributed by atoms with Crippen LogP contribution in [0.5, 0.6) is 0 Å². The Balaban J connectivity index is 2.24. The molecule has 0 amide bonds. The second kappa shape index (κ2) is 3.39. The molecule has 0 unspecified atom stereocenters. The fourth-order valence-corrected chi connectivity index (χ4v) is 2.59. The molecule has 0 aliphatic rings. The SMILES string of the molecule is Bc1ccc2cc3oc4ccccc4c3cc2c1. The van der Waals surface area contributed by atoms with E-state index in [1.165, 1.54) is 27.0 Å². The largest absolute Gasteiger partial charge is 0.456 e. The average molecular weight is 230 g/mol. The number of fused-ring (bicyclic) bond motifs is 4. The monoisotopic (exact) mass is 230 g/mol. The van der Waals surface area contributed by atoms with Crippen molar-refractivity contribution in [3.8, 4) is 0 Å². The Labute approximate surface area is 105 Å². The van der Waals surface area contributed by atoms with Crippen LogP contribution in [0.4, 0.5) is 0 Å². The van der Waals surface area contributed by atoms with E-state index in [0.717, 1.165) is 11.2 Å². The van der Waals surface area contributed by atoms with Crippen molar-refractivity contribution in [2.24, 2.45) is 0 Å². The standard InChI is InChI=1S/C16H11BO/c17-12-6-5-10-9-16-14(8-11(10)7-12)13-3-1-2-4-15(13)18-16/h1-9H,17H2. The van der Waals surface area contributed by atoms with Crippen molar-refractivity contribution in [2.75, 3.05) is 0 Å². The van der Waals surface area contributed by atoms with Crippen LogP contribution in [0.2, 0.25) is 0 Å². The zero-order valence-corrected chi connectivity index (χ0v) is 10.1. The highest BCUT2D eigenvalue weighted by Gasteiger charge is 2.07. The lowest BCUT2D eigenvalue weighted by molar-refractivity contribution is 0.669. The minimum absolute atomic E-state index is 0.958. The zero-order valence-electron chi connectivity index (χ0n) is 10.1. The maximum atomic E-state index is 5.89. The molecular formula is C16H11BO. The van der Waals surface area contributed by atoms with Gasteiger partial charge in [-0.3, -0.25) is 0 Å². The molecule has 18 heavy (non-hydrogen) atoms. The molecule has 3 aromatic carbocycles. The van der Waals surface area contributed by atoms with Gasteiger partial charge in [-0.25, -0.2) is 0 Å². The highest BCUT2D eigenvalue weighted by molar-refractivity contribution is 6.33. The van der Waals surface area contributed by atoms with Gasteiger partial charge in [0.15, 0.2) is 0 Å². The summed E-state index contributed by atoms with van der Waals surface area (Å²) in [5.74, 6) is 0. The first-order valence-corrected chi connectivity index (χ1v) is 6.13. The van der Waals surface area contributed by atoms with Crippen LogP contribution in [-0.4, -0.2) is 7.85 Å². The Bertz CT molecular complexity index is 889. The number of benzene rings is 3. The van der Waals surface area contributed by atoms with Crippen LogP contribution in [0.1, 0.15) is 0 Å². The van der Waals surface area contributed by atoms with E-state index in [-0.39, 0.29) is 0 Å². The van der Waals surface area contributed by atoms with Gasteiger partial charge in [0, 0.05) is 10.8 Å². The van der Waals surface area contributed by atoms with Crippen LogP contribution in [-0.2, 0) is 0 Å². The first-order valence-electron chi connectivity index (χ1n) is 6.13. The molecule has 0 radical (unpaired) electrons. The molecule has 0 saturated heterocycles. The molecule has 0 N–H and O–H groups in total. The Hall–Kier alpha value is -2.22. The van der Waals surface area contributed by atoms with E-state index in [1.807, 2.05) is 12.1 Å². The Morgan fingerprint density at radius 2 is 1.61 bits per heavy atom. The fourth-order valence-electron chi connectivity index (χ4n) is 2.59. The van der Waals surface area contributed by atoms with Crippen LogP contribution >= 0.6 is 0 Å². The molecule has 0 spiro atoms. The third-order valence-electron chi connectivity index (χ3n) is 3.49. The second-order valence-corrected chi connectivity index (χ2v) is 4.80. The van der Waals surface area contributed by atoms with Crippen molar-refractivity contribution in [1.29, 1.82) is 0 Å². The molecule has 2 heteroatoms. The van der Waals surface area contributed by atoms with Gasteiger partial charge in [-0.2, -0.15) is 0 Å². The van der Waals surface area contributed by atoms with E-state index in [1.54, 1.807) is 0 Å². The number of para-hydroxylation sites is 1. The highest BCUT2D eigenvalue weighted by atomic mass is 16.3. The summed E-state index contributed by atoms with van der Waals surface area (Å²) < 4.78 is 5.89. The highest BCUT2D eigenvalue weighted by Crippen LogP contribution is 2.31. The maximum Gasteiger partial charge on any atom is 0.139 e. The summed E-state index contributed by atoms with van der Waals surface area (Å²) in [7, 11) is 2.12. The van der Waals surface area contributed by atoms with E-state index in [0.29, 0.717) is 0 Å². The van der Waals surface area contributed by atoms with Crippen molar-refractivity contribution < 1.29 is 4.42 Å². The van der Waals surface area contributed by atoms with Crippen molar-refractivity contribution >= 4 is 46.0 Å². The predicted octanol–water partition coefficient (Wildman–Crippen LogP) is 3.00. The normalized spacial score (nSPS) is 11.6. The molecule has 1 heterocycles. The predicted molar refractivity (Wildman–Crippen MR) is 79.4 cm³/mol. The summed E-state index contributed by atoms with van der Waals surface area (Å²) in [5, 5.41) is 4.89. The van der Waals surface area contributed by atoms with E-state index in [9.17, 15) is 0 Å². The lowest BCUT2D eigenvalue weighted by atomic mass is 9.93. The Kier molecular flexibility index (Phi) is 1.84. The third-order valence-corrected chi connectivity index (χ3v) is 3.49. The van der Waals surface area contributed by atoms with Crippen molar-refractivity contribution in [3.05, 3.63) is 54.6 Å². The van der Waals surface area contributed by atoms with Gasteiger partial charge in [-0.1, -0.05) is 41.9 Å². The number of furan rings is 1. The lowest BCUT2D eigenvalue weighted by Gasteiger charge is -1.99. The van der Waals surface area contributed by atoms with Crippen LogP contribution in [0.3, 0.4) is 0 Å². The number of hydrogen-bond donors (Lipinski definition) is 0. The summed E-state index contributed by atoms with van der Waals surface area (Å²) in [6.45, 7) is 0. The summed E-state index contributed by atoms with van der Waals surface area (Å²) in [6.07, 6.45) is 0. The summed E-state index contributed by atoms with van der Waals surface area (Å²) >= 11 is 0. The molecule has 0 bridgehead atoms. The third kappa shape index (κ3) is 1.29. The van der Waals surface area contributed by atoms with E-state index in [4.69, 9.17) is 4.42 Å². The lowest BCUT2D eigenvalue weighted by Crippen LogP contribution is -1.99. The van der Waals surface area contributed by atoms with Crippen molar-refractivity contribution in [1.82, 2.24) is 0 Å². The molecule has 0 fully saturated rings. The molecule has 84 valence electrons. The molecule has 4 aromatic rings. The molecule has 4 rings (SSSR count). The summed E-state index contributed by atoms with van der Waals surface area (Å²) in [4.78, 5) is 0. The molecule has 1 aromatic heterocycles. The Morgan fingerprint density at radius 1 is 0.722 bits per heavy atom. The molecule has 1 nitrogen and oxygen atoms in total. The van der Waals surface area contributed by atoms with Gasteiger partial charge in [-0.05, 0) is 29.0 Å². The van der Waals surface area contributed by atoms with Crippen molar-refractivity contribution in [2.45, 2.75) is 0 Å². The summed E-state index contributed by atoms with van der Waals surface area (Å²) in [5.41, 5.74) is 3.21. The van der Waals surface area contributed by atoms with Crippen LogP contribution in [0.25, 0.3) is 32.7 Å². The van der Waals surface area contributed by atoms with E-state index < -0.39 is 0 Å². The van der Waals surface area contributed by atoms with Gasteiger partial charge in [0.05, 0.1) is 0 Å². The average Bonchev–Trinajstić information content (AvgIpc) is 2.74. The summed E-state index contributed by atoms with van der Waals surface area (Å²) in [6, 6.07) is 19.1. The topological polar surface area (TPSA) is 13.1 Å². The first kappa shape index (κ1) is 9.78. The quantitative estimate of drug-likeness (QED) is 0.423. The van der Waals surface area contributed by atoms with Crippen LogP contribution < -0.4 is 5.46 Å². The van der Waals surface area contributed by atoms with Crippen LogP contribution in [0, 0.1) is 0 Å². The second-order valence-electron chi connectivity index (χ2n) is 4.80. The maximum absolute atomic E-state index is 5.89. The van der Waals surface area contributed by atoms with Crippen molar-refractivity contribution in [3.63, 3.8) is 0 Å². The minimum Gasteiger partial charge on any atom is -0.456 e.